The molecule has 0 spiro atoms. The van der Waals surface area contributed by atoms with E-state index in [0.29, 0.717) is 70.6 Å². The Bertz CT molecular complexity index is 1190. The first-order valence-corrected chi connectivity index (χ1v) is 11.7. The maximum atomic E-state index is 5.81. The van der Waals surface area contributed by atoms with Crippen LogP contribution in [0.1, 0.15) is 0 Å². The number of hydrogen-bond acceptors (Lipinski definition) is 11. The van der Waals surface area contributed by atoms with E-state index in [0.717, 1.165) is 5.56 Å². The lowest BCUT2D eigenvalue weighted by molar-refractivity contribution is -0.0105. The summed E-state index contributed by atoms with van der Waals surface area (Å²) >= 11 is 0. The molecule has 0 saturated carbocycles. The summed E-state index contributed by atoms with van der Waals surface area (Å²) in [6, 6.07) is 9.09. The van der Waals surface area contributed by atoms with Crippen LogP contribution in [0.2, 0.25) is 0 Å². The fourth-order valence-electron chi connectivity index (χ4n) is 3.62. The molecule has 11 nitrogen and oxygen atoms in total. The SMILES string of the molecule is COCCOCOc1c(OC)cc(-c2cc(-c3cc(OC)c(OC)cc3OC)nc(N(C)C)n2)cc1OC. The number of aromatic nitrogens is 2. The monoisotopic (exact) mass is 529 g/mol. The molecule has 206 valence electrons. The fraction of sp³-hybridized carbons (Fsp3) is 0.407. The summed E-state index contributed by atoms with van der Waals surface area (Å²) in [6.07, 6.45) is 0. The van der Waals surface area contributed by atoms with E-state index in [-0.39, 0.29) is 6.79 Å². The van der Waals surface area contributed by atoms with E-state index in [4.69, 9.17) is 47.9 Å². The number of hydrogen-bond donors (Lipinski definition) is 0. The van der Waals surface area contributed by atoms with Gasteiger partial charge in [-0.2, -0.15) is 0 Å². The van der Waals surface area contributed by atoms with E-state index in [1.165, 1.54) is 0 Å². The van der Waals surface area contributed by atoms with Gasteiger partial charge in [0, 0.05) is 38.4 Å². The standard InChI is InChI=1S/C27H35N3O8/c1-30(2)27-28-19(14-20(29-27)18-13-22(33-5)23(34-6)15-21(18)32-4)17-11-24(35-7)26(25(12-17)36-8)38-16-37-10-9-31-3/h11-15H,9-10,16H2,1-8H3. The summed E-state index contributed by atoms with van der Waals surface area (Å²) in [4.78, 5) is 11.3. The van der Waals surface area contributed by atoms with Crippen molar-refractivity contribution in [3.63, 3.8) is 0 Å². The largest absolute Gasteiger partial charge is 0.496 e. The summed E-state index contributed by atoms with van der Waals surface area (Å²) in [5, 5.41) is 0. The van der Waals surface area contributed by atoms with Gasteiger partial charge in [-0.3, -0.25) is 0 Å². The van der Waals surface area contributed by atoms with E-state index >= 15 is 0 Å². The third kappa shape index (κ3) is 6.48. The zero-order chi connectivity index (χ0) is 27.7. The van der Waals surface area contributed by atoms with Gasteiger partial charge in [-0.05, 0) is 24.3 Å². The number of ether oxygens (including phenoxy) is 8. The van der Waals surface area contributed by atoms with Crippen molar-refractivity contribution in [3.8, 4) is 57.0 Å². The quantitative estimate of drug-likeness (QED) is 0.224. The minimum Gasteiger partial charge on any atom is -0.496 e. The highest BCUT2D eigenvalue weighted by Gasteiger charge is 2.20. The van der Waals surface area contributed by atoms with Crippen LogP contribution in [0, 0.1) is 0 Å². The molecule has 3 rings (SSSR count). The highest BCUT2D eigenvalue weighted by molar-refractivity contribution is 5.77. The molecule has 0 aliphatic rings. The Hall–Kier alpha value is -3.96. The van der Waals surface area contributed by atoms with Crippen LogP contribution in [0.3, 0.4) is 0 Å². The number of nitrogens with zero attached hydrogens (tertiary/aromatic N) is 3. The van der Waals surface area contributed by atoms with Gasteiger partial charge >= 0.3 is 0 Å². The van der Waals surface area contributed by atoms with Crippen molar-refractivity contribution in [3.05, 3.63) is 30.3 Å². The molecule has 0 N–H and O–H groups in total. The van der Waals surface area contributed by atoms with Gasteiger partial charge in [0.05, 0.1) is 60.2 Å². The third-order valence-corrected chi connectivity index (χ3v) is 5.57. The Morgan fingerprint density at radius 3 is 1.76 bits per heavy atom. The fourth-order valence-corrected chi connectivity index (χ4v) is 3.62. The third-order valence-electron chi connectivity index (χ3n) is 5.57. The van der Waals surface area contributed by atoms with Gasteiger partial charge in [0.2, 0.25) is 11.7 Å². The van der Waals surface area contributed by atoms with Crippen LogP contribution in [0.4, 0.5) is 5.95 Å². The van der Waals surface area contributed by atoms with Crippen LogP contribution in [-0.2, 0) is 9.47 Å². The maximum absolute atomic E-state index is 5.81. The van der Waals surface area contributed by atoms with Gasteiger partial charge < -0.3 is 42.8 Å². The minimum absolute atomic E-state index is 0.0109. The van der Waals surface area contributed by atoms with Crippen molar-refractivity contribution in [1.29, 1.82) is 0 Å². The van der Waals surface area contributed by atoms with E-state index in [1.807, 2.05) is 43.3 Å². The molecule has 0 saturated heterocycles. The lowest BCUT2D eigenvalue weighted by atomic mass is 10.0. The van der Waals surface area contributed by atoms with Gasteiger partial charge in [0.1, 0.15) is 5.75 Å². The summed E-state index contributed by atoms with van der Waals surface area (Å²) in [7, 11) is 13.2. The Kier molecular flexibility index (Phi) is 10.2. The lowest BCUT2D eigenvalue weighted by Gasteiger charge is -2.18. The predicted molar refractivity (Wildman–Crippen MR) is 143 cm³/mol. The van der Waals surface area contributed by atoms with Crippen LogP contribution < -0.4 is 33.3 Å². The first-order chi connectivity index (χ1) is 18.4. The first-order valence-electron chi connectivity index (χ1n) is 11.7. The molecule has 0 radical (unpaired) electrons. The molecule has 3 aromatic rings. The Morgan fingerprint density at radius 2 is 1.21 bits per heavy atom. The normalized spacial score (nSPS) is 10.6. The van der Waals surface area contributed by atoms with Crippen LogP contribution in [0.15, 0.2) is 30.3 Å². The number of rotatable bonds is 14. The Morgan fingerprint density at radius 1 is 0.632 bits per heavy atom. The van der Waals surface area contributed by atoms with E-state index < -0.39 is 0 Å². The molecular formula is C27H35N3O8. The average molecular weight is 530 g/mol. The number of anilines is 1. The highest BCUT2D eigenvalue weighted by atomic mass is 16.7. The summed E-state index contributed by atoms with van der Waals surface area (Å²) in [5.74, 6) is 3.51. The van der Waals surface area contributed by atoms with E-state index in [1.54, 1.807) is 48.7 Å². The molecule has 1 heterocycles. The zero-order valence-electron chi connectivity index (χ0n) is 23.1. The molecule has 2 aromatic carbocycles. The first kappa shape index (κ1) is 28.6. The molecule has 0 aliphatic carbocycles. The van der Waals surface area contributed by atoms with Crippen molar-refractivity contribution in [1.82, 2.24) is 9.97 Å². The second-order valence-electron chi connectivity index (χ2n) is 8.11. The van der Waals surface area contributed by atoms with Crippen LogP contribution in [0.25, 0.3) is 22.5 Å². The molecular weight excluding hydrogens is 494 g/mol. The molecule has 0 fully saturated rings. The van der Waals surface area contributed by atoms with Crippen LogP contribution >= 0.6 is 0 Å². The molecule has 38 heavy (non-hydrogen) atoms. The van der Waals surface area contributed by atoms with Gasteiger partial charge in [-0.1, -0.05) is 0 Å². The minimum atomic E-state index is 0.0109. The lowest BCUT2D eigenvalue weighted by Crippen LogP contribution is -2.13. The van der Waals surface area contributed by atoms with Gasteiger partial charge in [-0.15, -0.1) is 0 Å². The molecule has 1 aromatic heterocycles. The maximum Gasteiger partial charge on any atom is 0.225 e. The van der Waals surface area contributed by atoms with Crippen LogP contribution in [0.5, 0.6) is 34.5 Å². The topological polar surface area (TPSA) is 103 Å². The van der Waals surface area contributed by atoms with Gasteiger partial charge in [0.25, 0.3) is 0 Å². The zero-order valence-corrected chi connectivity index (χ0v) is 23.1. The van der Waals surface area contributed by atoms with Gasteiger partial charge in [0.15, 0.2) is 29.8 Å². The van der Waals surface area contributed by atoms with Crippen LogP contribution in [-0.4, -0.2) is 86.7 Å². The van der Waals surface area contributed by atoms with Crippen molar-refractivity contribution >= 4 is 5.95 Å². The molecule has 0 amide bonds. The Labute approximate surface area is 223 Å². The molecule has 0 atom stereocenters. The molecule has 11 heteroatoms. The summed E-state index contributed by atoms with van der Waals surface area (Å²) < 4.78 is 44.1. The summed E-state index contributed by atoms with van der Waals surface area (Å²) in [6.45, 7) is 0.873. The smallest absolute Gasteiger partial charge is 0.225 e. The number of methoxy groups -OCH3 is 6. The predicted octanol–water partition coefficient (Wildman–Crippen LogP) is 3.92. The van der Waals surface area contributed by atoms with E-state index in [9.17, 15) is 0 Å². The second-order valence-corrected chi connectivity index (χ2v) is 8.11. The number of benzene rings is 2. The highest BCUT2D eigenvalue weighted by Crippen LogP contribution is 2.43. The molecule has 0 aliphatic heterocycles. The average Bonchev–Trinajstić information content (AvgIpc) is 2.95. The second kappa shape index (κ2) is 13.5. The van der Waals surface area contributed by atoms with Crippen molar-refractivity contribution in [2.45, 2.75) is 0 Å². The molecule has 0 bridgehead atoms. The van der Waals surface area contributed by atoms with Crippen molar-refractivity contribution < 1.29 is 37.9 Å². The van der Waals surface area contributed by atoms with Gasteiger partial charge in [-0.25, -0.2) is 9.97 Å². The summed E-state index contributed by atoms with van der Waals surface area (Å²) in [5.41, 5.74) is 2.71. The van der Waals surface area contributed by atoms with Crippen molar-refractivity contribution in [2.75, 3.05) is 81.7 Å². The van der Waals surface area contributed by atoms with Crippen molar-refractivity contribution in [2.24, 2.45) is 0 Å². The van der Waals surface area contributed by atoms with E-state index in [2.05, 4.69) is 0 Å². The Balaban J connectivity index is 2.12. The molecule has 0 unspecified atom stereocenters.